The van der Waals surface area contributed by atoms with Gasteiger partial charge in [-0.1, -0.05) is 18.6 Å². The molecular formula is C16H16N2O6. The van der Waals surface area contributed by atoms with Crippen molar-refractivity contribution in [3.8, 4) is 0 Å². The first-order valence-electron chi connectivity index (χ1n) is 7.68. The number of benzene rings is 1. The molecule has 24 heavy (non-hydrogen) atoms. The fourth-order valence-electron chi connectivity index (χ4n) is 2.87. The Morgan fingerprint density at radius 2 is 1.71 bits per heavy atom. The van der Waals surface area contributed by atoms with E-state index in [9.17, 15) is 19.7 Å². The molecule has 1 N–H and O–H groups in total. The van der Waals surface area contributed by atoms with Gasteiger partial charge in [-0.25, -0.2) is 9.59 Å². The van der Waals surface area contributed by atoms with Crippen LogP contribution in [0.4, 0.5) is 11.4 Å². The van der Waals surface area contributed by atoms with E-state index < -0.39 is 22.6 Å². The molecule has 0 aromatic heterocycles. The smallest absolute Gasteiger partial charge is 0.350 e. The van der Waals surface area contributed by atoms with E-state index in [2.05, 4.69) is 5.32 Å². The second-order valence-electron chi connectivity index (χ2n) is 5.73. The van der Waals surface area contributed by atoms with Crippen LogP contribution in [0, 0.1) is 10.1 Å². The number of carbonyl (C=O) groups is 2. The first kappa shape index (κ1) is 16.0. The lowest BCUT2D eigenvalue weighted by Gasteiger charge is -2.38. The van der Waals surface area contributed by atoms with Gasteiger partial charge in [-0.3, -0.25) is 10.1 Å². The lowest BCUT2D eigenvalue weighted by molar-refractivity contribution is -0.383. The number of esters is 2. The van der Waals surface area contributed by atoms with Crippen LogP contribution in [0.1, 0.15) is 32.1 Å². The van der Waals surface area contributed by atoms with Crippen LogP contribution in [-0.2, 0) is 19.1 Å². The Balaban J connectivity index is 1.78. The summed E-state index contributed by atoms with van der Waals surface area (Å²) >= 11 is 0. The zero-order chi connectivity index (χ0) is 17.2. The number of carbonyl (C=O) groups excluding carboxylic acids is 2. The third kappa shape index (κ3) is 3.08. The molecule has 2 aliphatic rings. The molecular weight excluding hydrogens is 316 g/mol. The molecule has 3 rings (SSSR count). The molecule has 8 nitrogen and oxygen atoms in total. The van der Waals surface area contributed by atoms with Crippen molar-refractivity contribution in [2.75, 3.05) is 5.32 Å². The number of nitrogens with one attached hydrogen (secondary N) is 1. The van der Waals surface area contributed by atoms with E-state index in [1.165, 1.54) is 18.2 Å². The van der Waals surface area contributed by atoms with Gasteiger partial charge in [0.2, 0.25) is 0 Å². The van der Waals surface area contributed by atoms with Crippen LogP contribution in [0.2, 0.25) is 0 Å². The third-order valence-corrected chi connectivity index (χ3v) is 4.09. The topological polar surface area (TPSA) is 108 Å². The van der Waals surface area contributed by atoms with E-state index in [4.69, 9.17) is 9.47 Å². The number of rotatable bonds is 3. The minimum absolute atomic E-state index is 0.161. The van der Waals surface area contributed by atoms with Crippen LogP contribution < -0.4 is 5.32 Å². The van der Waals surface area contributed by atoms with Gasteiger partial charge in [0.25, 0.3) is 11.5 Å². The highest BCUT2D eigenvalue weighted by molar-refractivity contribution is 6.15. The maximum absolute atomic E-state index is 12.2. The number of para-hydroxylation sites is 2. The Hall–Kier alpha value is -2.90. The molecule has 1 aliphatic carbocycles. The quantitative estimate of drug-likeness (QED) is 0.298. The Morgan fingerprint density at radius 3 is 2.33 bits per heavy atom. The van der Waals surface area contributed by atoms with Gasteiger partial charge in [-0.2, -0.15) is 0 Å². The largest absolute Gasteiger partial charge is 0.419 e. The highest BCUT2D eigenvalue weighted by atomic mass is 16.7. The van der Waals surface area contributed by atoms with Gasteiger partial charge in [0, 0.05) is 25.1 Å². The van der Waals surface area contributed by atoms with Crippen molar-refractivity contribution in [2.45, 2.75) is 37.9 Å². The minimum Gasteiger partial charge on any atom is -0.419 e. The summed E-state index contributed by atoms with van der Waals surface area (Å²) in [5.74, 6) is -2.71. The second-order valence-corrected chi connectivity index (χ2v) is 5.73. The number of nitro groups is 1. The van der Waals surface area contributed by atoms with E-state index in [0.29, 0.717) is 12.8 Å². The van der Waals surface area contributed by atoms with Crippen molar-refractivity contribution >= 4 is 23.3 Å². The van der Waals surface area contributed by atoms with Gasteiger partial charge < -0.3 is 14.8 Å². The maximum atomic E-state index is 12.2. The number of hydrogen-bond donors (Lipinski definition) is 1. The molecule has 0 unspecified atom stereocenters. The van der Waals surface area contributed by atoms with Crippen molar-refractivity contribution in [2.24, 2.45) is 0 Å². The van der Waals surface area contributed by atoms with Crippen LogP contribution in [0.15, 0.2) is 36.0 Å². The van der Waals surface area contributed by atoms with Gasteiger partial charge >= 0.3 is 11.9 Å². The van der Waals surface area contributed by atoms with Crippen molar-refractivity contribution in [1.82, 2.24) is 0 Å². The molecule has 1 saturated heterocycles. The lowest BCUT2D eigenvalue weighted by atomic mass is 9.93. The molecule has 126 valence electrons. The van der Waals surface area contributed by atoms with Gasteiger partial charge in [0.1, 0.15) is 5.69 Å². The molecule has 1 saturated carbocycles. The van der Waals surface area contributed by atoms with Crippen LogP contribution >= 0.6 is 0 Å². The molecule has 8 heteroatoms. The summed E-state index contributed by atoms with van der Waals surface area (Å²) in [4.78, 5) is 34.7. The van der Waals surface area contributed by atoms with Crippen molar-refractivity contribution < 1.29 is 24.0 Å². The zero-order valence-corrected chi connectivity index (χ0v) is 12.8. The first-order valence-corrected chi connectivity index (χ1v) is 7.68. The molecule has 0 bridgehead atoms. The standard InChI is InChI=1S/C16H16N2O6/c19-14-11(10-17-12-6-2-3-7-13(12)18(21)22)15(20)24-16(23-14)8-4-1-5-9-16/h2-3,6-7,10,17H,1,4-5,8-9H2. The van der Waals surface area contributed by atoms with Gasteiger partial charge in [-0.05, 0) is 18.9 Å². The number of nitrogens with zero attached hydrogens (tertiary/aromatic N) is 1. The van der Waals surface area contributed by atoms with E-state index >= 15 is 0 Å². The predicted octanol–water partition coefficient (Wildman–Crippen LogP) is 2.65. The summed E-state index contributed by atoms with van der Waals surface area (Å²) in [7, 11) is 0. The molecule has 1 spiro atoms. The van der Waals surface area contributed by atoms with Gasteiger partial charge in [-0.15, -0.1) is 0 Å². The van der Waals surface area contributed by atoms with Crippen molar-refractivity contribution in [3.63, 3.8) is 0 Å². The normalized spacial score (nSPS) is 19.4. The molecule has 0 atom stereocenters. The molecule has 1 aromatic rings. The van der Waals surface area contributed by atoms with Crippen LogP contribution in [0.25, 0.3) is 0 Å². The number of nitro benzene ring substituents is 1. The summed E-state index contributed by atoms with van der Waals surface area (Å²) in [6, 6.07) is 5.90. The van der Waals surface area contributed by atoms with E-state index in [0.717, 1.165) is 25.5 Å². The van der Waals surface area contributed by atoms with E-state index in [-0.39, 0.29) is 16.9 Å². The Kier molecular flexibility index (Phi) is 4.20. The summed E-state index contributed by atoms with van der Waals surface area (Å²) in [5, 5.41) is 13.6. The summed E-state index contributed by atoms with van der Waals surface area (Å²) in [6.45, 7) is 0. The molecule has 2 fully saturated rings. The average molecular weight is 332 g/mol. The van der Waals surface area contributed by atoms with Crippen molar-refractivity contribution in [1.29, 1.82) is 0 Å². The van der Waals surface area contributed by atoms with Crippen LogP contribution in [0.5, 0.6) is 0 Å². The third-order valence-electron chi connectivity index (χ3n) is 4.09. The average Bonchev–Trinajstić information content (AvgIpc) is 2.55. The summed E-state index contributed by atoms with van der Waals surface area (Å²) < 4.78 is 10.7. The SMILES string of the molecule is O=C1OC2(CCCCC2)OC(=O)C1=CNc1ccccc1[N+](=O)[O-]. The molecule has 0 radical (unpaired) electrons. The Bertz CT molecular complexity index is 699. The monoisotopic (exact) mass is 332 g/mol. The summed E-state index contributed by atoms with van der Waals surface area (Å²) in [5.41, 5.74) is -0.325. The van der Waals surface area contributed by atoms with Gasteiger partial charge in [0.05, 0.1) is 4.92 Å². The van der Waals surface area contributed by atoms with E-state index in [1.807, 2.05) is 0 Å². The Labute approximate surface area is 137 Å². The predicted molar refractivity (Wildman–Crippen MR) is 82.8 cm³/mol. The fourth-order valence-corrected chi connectivity index (χ4v) is 2.87. The fraction of sp³-hybridized carbons (Fsp3) is 0.375. The minimum atomic E-state index is -1.15. The van der Waals surface area contributed by atoms with Crippen LogP contribution in [-0.4, -0.2) is 22.6 Å². The lowest BCUT2D eigenvalue weighted by Crippen LogP contribution is -2.47. The van der Waals surface area contributed by atoms with Crippen molar-refractivity contribution in [3.05, 3.63) is 46.2 Å². The Morgan fingerprint density at radius 1 is 1.08 bits per heavy atom. The summed E-state index contributed by atoms with van der Waals surface area (Å²) in [6.07, 6.45) is 4.74. The number of anilines is 1. The molecule has 1 aromatic carbocycles. The maximum Gasteiger partial charge on any atom is 0.350 e. The highest BCUT2D eigenvalue weighted by Crippen LogP contribution is 2.37. The zero-order valence-electron chi connectivity index (χ0n) is 12.8. The van der Waals surface area contributed by atoms with E-state index in [1.54, 1.807) is 6.07 Å². The highest BCUT2D eigenvalue weighted by Gasteiger charge is 2.46. The molecule has 1 aliphatic heterocycles. The molecule has 1 heterocycles. The van der Waals surface area contributed by atoms with Crippen LogP contribution in [0.3, 0.4) is 0 Å². The molecule has 0 amide bonds. The number of ether oxygens (including phenoxy) is 2. The van der Waals surface area contributed by atoms with Gasteiger partial charge in [0.15, 0.2) is 5.57 Å². The number of hydrogen-bond acceptors (Lipinski definition) is 7. The second kappa shape index (κ2) is 6.31. The first-order chi connectivity index (χ1) is 11.5.